The van der Waals surface area contributed by atoms with Gasteiger partial charge in [0, 0.05) is 18.4 Å². The van der Waals surface area contributed by atoms with Crippen LogP contribution in [0.1, 0.15) is 76.7 Å². The minimum Gasteiger partial charge on any atom is -0.393 e. The van der Waals surface area contributed by atoms with Crippen molar-refractivity contribution < 1.29 is 14.7 Å². The summed E-state index contributed by atoms with van der Waals surface area (Å²) < 4.78 is 0. The van der Waals surface area contributed by atoms with Crippen molar-refractivity contribution in [1.29, 1.82) is 0 Å². The van der Waals surface area contributed by atoms with Gasteiger partial charge in [-0.1, -0.05) is 62.6 Å². The molecule has 2 N–H and O–H groups in total. The van der Waals surface area contributed by atoms with Crippen LogP contribution in [0.25, 0.3) is 0 Å². The number of amides is 1. The molecule has 2 aliphatic rings. The highest BCUT2D eigenvalue weighted by atomic mass is 16.3. The molecule has 1 aromatic carbocycles. The molecule has 31 heavy (non-hydrogen) atoms. The van der Waals surface area contributed by atoms with Crippen LogP contribution >= 0.6 is 0 Å². The molecule has 0 bridgehead atoms. The zero-order valence-corrected chi connectivity index (χ0v) is 19.0. The van der Waals surface area contributed by atoms with Gasteiger partial charge in [0.05, 0.1) is 6.10 Å². The molecule has 4 nitrogen and oxygen atoms in total. The number of hydrogen-bond donors (Lipinski definition) is 2. The number of unbranched alkanes of at least 4 members (excludes halogenated alkanes) is 3. The van der Waals surface area contributed by atoms with Crippen molar-refractivity contribution in [1.82, 2.24) is 5.32 Å². The lowest BCUT2D eigenvalue weighted by molar-refractivity contribution is -0.121. The fourth-order valence-corrected chi connectivity index (χ4v) is 4.79. The van der Waals surface area contributed by atoms with E-state index in [1.165, 1.54) is 5.56 Å². The van der Waals surface area contributed by atoms with Gasteiger partial charge in [0.2, 0.25) is 5.91 Å². The number of carbonyl (C=O) groups is 2. The first kappa shape index (κ1) is 23.7. The molecular formula is C27H39NO3. The van der Waals surface area contributed by atoms with E-state index in [0.29, 0.717) is 18.4 Å². The molecule has 2 aliphatic carbocycles. The van der Waals surface area contributed by atoms with Crippen molar-refractivity contribution in [2.24, 2.45) is 17.8 Å². The average Bonchev–Trinajstić information content (AvgIpc) is 3.49. The van der Waals surface area contributed by atoms with Gasteiger partial charge in [-0.2, -0.15) is 0 Å². The number of hydrogen-bond acceptors (Lipinski definition) is 3. The Labute approximate surface area is 187 Å². The average molecular weight is 426 g/mol. The summed E-state index contributed by atoms with van der Waals surface area (Å²) in [6.45, 7) is 2.17. The Kier molecular flexibility index (Phi) is 9.32. The second-order valence-corrected chi connectivity index (χ2v) is 9.63. The van der Waals surface area contributed by atoms with Crippen LogP contribution in [-0.2, 0) is 16.0 Å². The standard InChI is InChI=1S/C27H39NO3/c1-20(19-23(29)16-13-21-9-5-4-6-10-21)24-17-18-26(30)25(24)11-7-2-3-8-12-27(31)28-22-14-15-22/h4-6,9-10,17-18,20,22-25,29H,2-3,7-8,11-16,19H2,1H3,(H,28,31)/t20-,23-,24+,25?/m0/s1. The topological polar surface area (TPSA) is 66.4 Å². The Morgan fingerprint density at radius 1 is 1.13 bits per heavy atom. The van der Waals surface area contributed by atoms with Crippen LogP contribution in [-0.4, -0.2) is 28.9 Å². The SMILES string of the molecule is C[C@@H](C[C@@H](O)CCc1ccccc1)[C@H]1C=CC(=O)C1CCCCCCC(=O)NC1CC1. The molecule has 4 atom stereocenters. The number of benzene rings is 1. The molecule has 3 rings (SSSR count). The van der Waals surface area contributed by atoms with Gasteiger partial charge in [-0.3, -0.25) is 9.59 Å². The molecule has 1 unspecified atom stereocenters. The number of rotatable bonds is 14. The van der Waals surface area contributed by atoms with Crippen LogP contribution in [0.3, 0.4) is 0 Å². The number of aliphatic hydroxyl groups excluding tert-OH is 1. The Morgan fingerprint density at radius 2 is 1.87 bits per heavy atom. The fourth-order valence-electron chi connectivity index (χ4n) is 4.79. The van der Waals surface area contributed by atoms with E-state index >= 15 is 0 Å². The summed E-state index contributed by atoms with van der Waals surface area (Å²) in [5.41, 5.74) is 1.26. The van der Waals surface area contributed by atoms with Gasteiger partial charge in [-0.15, -0.1) is 0 Å². The van der Waals surface area contributed by atoms with Crippen LogP contribution in [0.2, 0.25) is 0 Å². The van der Waals surface area contributed by atoms with Crippen molar-refractivity contribution >= 4 is 11.7 Å². The van der Waals surface area contributed by atoms with Crippen molar-refractivity contribution in [3.05, 3.63) is 48.0 Å². The quantitative estimate of drug-likeness (QED) is 0.412. The summed E-state index contributed by atoms with van der Waals surface area (Å²) >= 11 is 0. The molecular weight excluding hydrogens is 386 g/mol. The zero-order chi connectivity index (χ0) is 22.1. The number of aryl methyl sites for hydroxylation is 1. The van der Waals surface area contributed by atoms with E-state index in [1.54, 1.807) is 6.08 Å². The number of ketones is 1. The van der Waals surface area contributed by atoms with Gasteiger partial charge >= 0.3 is 0 Å². The zero-order valence-electron chi connectivity index (χ0n) is 19.0. The van der Waals surface area contributed by atoms with Crippen LogP contribution in [0.4, 0.5) is 0 Å². The normalized spacial score (nSPS) is 22.5. The molecule has 1 saturated carbocycles. The summed E-state index contributed by atoms with van der Waals surface area (Å²) in [6.07, 6.45) is 13.8. The van der Waals surface area contributed by atoms with Crippen molar-refractivity contribution in [2.75, 3.05) is 0 Å². The predicted molar refractivity (Wildman–Crippen MR) is 125 cm³/mol. The highest BCUT2D eigenvalue weighted by molar-refractivity contribution is 5.94. The number of aliphatic hydroxyl groups is 1. The third kappa shape index (κ3) is 8.25. The van der Waals surface area contributed by atoms with Crippen molar-refractivity contribution in [2.45, 2.75) is 89.7 Å². The van der Waals surface area contributed by atoms with E-state index in [0.717, 1.165) is 64.2 Å². The van der Waals surface area contributed by atoms with E-state index in [9.17, 15) is 14.7 Å². The molecule has 0 spiro atoms. The first-order valence-corrected chi connectivity index (χ1v) is 12.3. The lowest BCUT2D eigenvalue weighted by Crippen LogP contribution is -2.25. The first-order chi connectivity index (χ1) is 15.0. The van der Waals surface area contributed by atoms with E-state index in [-0.39, 0.29) is 29.6 Å². The smallest absolute Gasteiger partial charge is 0.220 e. The van der Waals surface area contributed by atoms with Gasteiger partial charge < -0.3 is 10.4 Å². The molecule has 0 aliphatic heterocycles. The Morgan fingerprint density at radius 3 is 2.61 bits per heavy atom. The Hall–Kier alpha value is -1.94. The number of nitrogens with one attached hydrogen (secondary N) is 1. The summed E-state index contributed by atoms with van der Waals surface area (Å²) in [5.74, 6) is 1.04. The lowest BCUT2D eigenvalue weighted by atomic mass is 9.79. The second-order valence-electron chi connectivity index (χ2n) is 9.63. The van der Waals surface area contributed by atoms with E-state index in [4.69, 9.17) is 0 Å². The molecule has 0 saturated heterocycles. The van der Waals surface area contributed by atoms with E-state index in [2.05, 4.69) is 30.4 Å². The second kappa shape index (κ2) is 12.2. The Balaban J connectivity index is 1.32. The van der Waals surface area contributed by atoms with E-state index in [1.807, 2.05) is 18.2 Å². The minimum atomic E-state index is -0.332. The monoisotopic (exact) mass is 425 g/mol. The molecule has 1 aromatic rings. The van der Waals surface area contributed by atoms with Gasteiger partial charge in [0.1, 0.15) is 0 Å². The van der Waals surface area contributed by atoms with Crippen molar-refractivity contribution in [3.8, 4) is 0 Å². The van der Waals surface area contributed by atoms with Crippen LogP contribution in [0.5, 0.6) is 0 Å². The number of allylic oxidation sites excluding steroid dienone is 2. The minimum absolute atomic E-state index is 0.0643. The highest BCUT2D eigenvalue weighted by Gasteiger charge is 2.33. The molecule has 170 valence electrons. The molecule has 0 heterocycles. The van der Waals surface area contributed by atoms with Crippen LogP contribution in [0, 0.1) is 17.8 Å². The van der Waals surface area contributed by atoms with Crippen molar-refractivity contribution in [3.63, 3.8) is 0 Å². The summed E-state index contributed by atoms with van der Waals surface area (Å²) in [6, 6.07) is 10.7. The van der Waals surface area contributed by atoms with Gasteiger partial charge in [0.25, 0.3) is 0 Å². The summed E-state index contributed by atoms with van der Waals surface area (Å²) in [5, 5.41) is 13.6. The number of carbonyl (C=O) groups excluding carboxylic acids is 2. The van der Waals surface area contributed by atoms with Crippen LogP contribution < -0.4 is 5.32 Å². The highest BCUT2D eigenvalue weighted by Crippen LogP contribution is 2.35. The maximum Gasteiger partial charge on any atom is 0.220 e. The van der Waals surface area contributed by atoms with Gasteiger partial charge in [0.15, 0.2) is 5.78 Å². The Bertz CT molecular complexity index is 725. The van der Waals surface area contributed by atoms with Gasteiger partial charge in [-0.25, -0.2) is 0 Å². The molecule has 0 radical (unpaired) electrons. The maximum atomic E-state index is 12.4. The predicted octanol–water partition coefficient (Wildman–Crippen LogP) is 5.00. The molecule has 4 heteroatoms. The van der Waals surface area contributed by atoms with Gasteiger partial charge in [-0.05, 0) is 68.4 Å². The third-order valence-electron chi connectivity index (χ3n) is 6.83. The van der Waals surface area contributed by atoms with Crippen LogP contribution in [0.15, 0.2) is 42.5 Å². The summed E-state index contributed by atoms with van der Waals surface area (Å²) in [4.78, 5) is 24.1. The first-order valence-electron chi connectivity index (χ1n) is 12.3. The molecule has 0 aromatic heterocycles. The maximum absolute atomic E-state index is 12.4. The molecule has 1 amide bonds. The third-order valence-corrected chi connectivity index (χ3v) is 6.83. The molecule has 1 fully saturated rings. The van der Waals surface area contributed by atoms with E-state index < -0.39 is 0 Å². The largest absolute Gasteiger partial charge is 0.393 e. The summed E-state index contributed by atoms with van der Waals surface area (Å²) in [7, 11) is 0. The fraction of sp³-hybridized carbons (Fsp3) is 0.630. The lowest BCUT2D eigenvalue weighted by Gasteiger charge is -2.26.